The third-order valence-corrected chi connectivity index (χ3v) is 5.59. The number of aliphatic imine (C=N–C) groups is 1. The lowest BCUT2D eigenvalue weighted by molar-refractivity contribution is -0.127. The van der Waals surface area contributed by atoms with Gasteiger partial charge in [-0.15, -0.1) is 0 Å². The first kappa shape index (κ1) is 19.1. The molecule has 2 fully saturated rings. The minimum absolute atomic E-state index is 0.318. The molecule has 1 atom stereocenters. The first-order chi connectivity index (χ1) is 11.7. The van der Waals surface area contributed by atoms with E-state index in [1.54, 1.807) is 0 Å². The van der Waals surface area contributed by atoms with E-state index >= 15 is 0 Å². The van der Waals surface area contributed by atoms with E-state index in [0.29, 0.717) is 5.91 Å². The molecule has 0 aromatic heterocycles. The molecule has 2 saturated heterocycles. The molecule has 0 bridgehead atoms. The summed E-state index contributed by atoms with van der Waals surface area (Å²) >= 11 is 0. The van der Waals surface area contributed by atoms with Crippen LogP contribution < -0.4 is 5.32 Å². The SMILES string of the molecule is CCNC(=NCCCN1CCCC1=O)N1CCC(C(CC)CC)C1. The van der Waals surface area contributed by atoms with Crippen LogP contribution in [0, 0.1) is 11.8 Å². The molecule has 2 rings (SSSR count). The van der Waals surface area contributed by atoms with E-state index in [4.69, 9.17) is 4.99 Å². The van der Waals surface area contributed by atoms with Crippen LogP contribution in [0.3, 0.4) is 0 Å². The normalized spacial score (nSPS) is 22.1. The summed E-state index contributed by atoms with van der Waals surface area (Å²) in [5.41, 5.74) is 0. The van der Waals surface area contributed by atoms with Gasteiger partial charge in [0.15, 0.2) is 5.96 Å². The van der Waals surface area contributed by atoms with E-state index in [0.717, 1.165) is 76.3 Å². The van der Waals surface area contributed by atoms with Gasteiger partial charge < -0.3 is 15.1 Å². The molecule has 24 heavy (non-hydrogen) atoms. The van der Waals surface area contributed by atoms with Crippen LogP contribution in [0.4, 0.5) is 0 Å². The second-order valence-corrected chi connectivity index (χ2v) is 7.14. The zero-order chi connectivity index (χ0) is 17.4. The number of carbonyl (C=O) groups excluding carboxylic acids is 1. The number of nitrogens with zero attached hydrogens (tertiary/aromatic N) is 3. The van der Waals surface area contributed by atoms with Crippen molar-refractivity contribution in [3.8, 4) is 0 Å². The molecule has 1 unspecified atom stereocenters. The highest BCUT2D eigenvalue weighted by Crippen LogP contribution is 2.28. The first-order valence-electron chi connectivity index (χ1n) is 10.0. The number of nitrogens with one attached hydrogen (secondary N) is 1. The number of likely N-dealkylation sites (tertiary alicyclic amines) is 2. The van der Waals surface area contributed by atoms with E-state index in [9.17, 15) is 4.79 Å². The number of carbonyl (C=O) groups is 1. The molecule has 1 amide bonds. The van der Waals surface area contributed by atoms with E-state index < -0.39 is 0 Å². The number of rotatable bonds is 8. The van der Waals surface area contributed by atoms with E-state index in [1.807, 2.05) is 4.90 Å². The molecule has 5 nitrogen and oxygen atoms in total. The Morgan fingerprint density at radius 1 is 1.29 bits per heavy atom. The number of amides is 1. The quantitative estimate of drug-likeness (QED) is 0.421. The Morgan fingerprint density at radius 2 is 2.08 bits per heavy atom. The fraction of sp³-hybridized carbons (Fsp3) is 0.895. The van der Waals surface area contributed by atoms with Crippen molar-refractivity contribution in [2.75, 3.05) is 39.3 Å². The van der Waals surface area contributed by atoms with E-state index in [2.05, 4.69) is 31.0 Å². The van der Waals surface area contributed by atoms with Gasteiger partial charge in [-0.1, -0.05) is 26.7 Å². The van der Waals surface area contributed by atoms with Gasteiger partial charge in [-0.25, -0.2) is 0 Å². The third kappa shape index (κ3) is 5.12. The van der Waals surface area contributed by atoms with Gasteiger partial charge in [-0.05, 0) is 38.0 Å². The number of guanidine groups is 1. The van der Waals surface area contributed by atoms with Crippen LogP contribution in [0.15, 0.2) is 4.99 Å². The molecule has 2 aliphatic heterocycles. The molecule has 0 aliphatic carbocycles. The molecule has 0 aromatic rings. The van der Waals surface area contributed by atoms with Gasteiger partial charge in [0.05, 0.1) is 0 Å². The summed E-state index contributed by atoms with van der Waals surface area (Å²) in [7, 11) is 0. The molecule has 0 saturated carbocycles. The van der Waals surface area contributed by atoms with Crippen LogP contribution >= 0.6 is 0 Å². The Labute approximate surface area is 147 Å². The molecule has 2 aliphatic rings. The molecule has 2 heterocycles. The van der Waals surface area contributed by atoms with Crippen LogP contribution in [-0.4, -0.2) is 60.9 Å². The Balaban J connectivity index is 1.81. The molecular formula is C19H36N4O. The van der Waals surface area contributed by atoms with Gasteiger partial charge in [-0.2, -0.15) is 0 Å². The van der Waals surface area contributed by atoms with Crippen LogP contribution in [0.1, 0.15) is 59.3 Å². The monoisotopic (exact) mass is 336 g/mol. The van der Waals surface area contributed by atoms with Gasteiger partial charge in [-0.3, -0.25) is 9.79 Å². The first-order valence-corrected chi connectivity index (χ1v) is 10.0. The summed E-state index contributed by atoms with van der Waals surface area (Å²) in [6.45, 7) is 12.5. The van der Waals surface area contributed by atoms with Crippen molar-refractivity contribution in [1.29, 1.82) is 0 Å². The highest BCUT2D eigenvalue weighted by Gasteiger charge is 2.29. The van der Waals surface area contributed by atoms with Gasteiger partial charge in [0.1, 0.15) is 0 Å². The molecule has 0 aromatic carbocycles. The fourth-order valence-corrected chi connectivity index (χ4v) is 4.13. The summed E-state index contributed by atoms with van der Waals surface area (Å²) in [4.78, 5) is 20.9. The Morgan fingerprint density at radius 3 is 2.71 bits per heavy atom. The van der Waals surface area contributed by atoms with Crippen molar-refractivity contribution in [2.24, 2.45) is 16.8 Å². The van der Waals surface area contributed by atoms with Crippen molar-refractivity contribution < 1.29 is 4.79 Å². The van der Waals surface area contributed by atoms with Crippen LogP contribution in [0.25, 0.3) is 0 Å². The molecule has 1 N–H and O–H groups in total. The average molecular weight is 337 g/mol. The Bertz CT molecular complexity index is 420. The average Bonchev–Trinajstić information content (AvgIpc) is 3.21. The zero-order valence-electron chi connectivity index (χ0n) is 15.9. The molecule has 5 heteroatoms. The van der Waals surface area contributed by atoms with Crippen molar-refractivity contribution in [3.05, 3.63) is 0 Å². The maximum absolute atomic E-state index is 11.6. The molecule has 138 valence electrons. The summed E-state index contributed by atoms with van der Waals surface area (Å²) in [6.07, 6.45) is 6.58. The van der Waals surface area contributed by atoms with Crippen LogP contribution in [0.5, 0.6) is 0 Å². The van der Waals surface area contributed by atoms with Crippen LogP contribution in [0.2, 0.25) is 0 Å². The third-order valence-electron chi connectivity index (χ3n) is 5.59. The molecule has 0 spiro atoms. The lowest BCUT2D eigenvalue weighted by atomic mass is 9.87. The number of hydrogen-bond acceptors (Lipinski definition) is 2. The molecular weight excluding hydrogens is 300 g/mol. The fourth-order valence-electron chi connectivity index (χ4n) is 4.13. The minimum atomic E-state index is 0.318. The summed E-state index contributed by atoms with van der Waals surface area (Å²) < 4.78 is 0. The van der Waals surface area contributed by atoms with E-state index in [1.165, 1.54) is 19.3 Å². The van der Waals surface area contributed by atoms with Crippen molar-refractivity contribution in [2.45, 2.75) is 59.3 Å². The van der Waals surface area contributed by atoms with Gasteiger partial charge >= 0.3 is 0 Å². The largest absolute Gasteiger partial charge is 0.357 e. The van der Waals surface area contributed by atoms with Crippen molar-refractivity contribution in [3.63, 3.8) is 0 Å². The maximum atomic E-state index is 11.6. The summed E-state index contributed by atoms with van der Waals surface area (Å²) in [6, 6.07) is 0. The molecule has 0 radical (unpaired) electrons. The van der Waals surface area contributed by atoms with Gasteiger partial charge in [0.25, 0.3) is 0 Å². The maximum Gasteiger partial charge on any atom is 0.222 e. The van der Waals surface area contributed by atoms with E-state index in [-0.39, 0.29) is 0 Å². The lowest BCUT2D eigenvalue weighted by Gasteiger charge is -2.24. The zero-order valence-corrected chi connectivity index (χ0v) is 15.9. The Hall–Kier alpha value is -1.26. The Kier molecular flexibility index (Phi) is 7.86. The lowest BCUT2D eigenvalue weighted by Crippen LogP contribution is -2.40. The predicted octanol–water partition coefficient (Wildman–Crippen LogP) is 2.72. The summed E-state index contributed by atoms with van der Waals surface area (Å²) in [5.74, 6) is 3.04. The highest BCUT2D eigenvalue weighted by atomic mass is 16.2. The standard InChI is InChI=1S/C19H36N4O/c1-4-16(5-2)17-10-14-23(15-17)19(20-6-3)21-11-8-13-22-12-7-9-18(22)24/h16-17H,4-15H2,1-3H3,(H,20,21). The number of hydrogen-bond donors (Lipinski definition) is 1. The van der Waals surface area contributed by atoms with Crippen molar-refractivity contribution >= 4 is 11.9 Å². The topological polar surface area (TPSA) is 47.9 Å². The summed E-state index contributed by atoms with van der Waals surface area (Å²) in [5, 5.41) is 3.45. The second-order valence-electron chi connectivity index (χ2n) is 7.14. The smallest absolute Gasteiger partial charge is 0.222 e. The van der Waals surface area contributed by atoms with Crippen molar-refractivity contribution in [1.82, 2.24) is 15.1 Å². The van der Waals surface area contributed by atoms with Gasteiger partial charge in [0.2, 0.25) is 5.91 Å². The van der Waals surface area contributed by atoms with Gasteiger partial charge in [0, 0.05) is 45.7 Å². The highest BCUT2D eigenvalue weighted by molar-refractivity contribution is 5.80. The van der Waals surface area contributed by atoms with Crippen LogP contribution in [-0.2, 0) is 4.79 Å². The second kappa shape index (κ2) is 9.90. The predicted molar refractivity (Wildman–Crippen MR) is 100 cm³/mol. The minimum Gasteiger partial charge on any atom is -0.357 e.